The van der Waals surface area contributed by atoms with Gasteiger partial charge in [-0.3, -0.25) is 19.3 Å². The summed E-state index contributed by atoms with van der Waals surface area (Å²) in [7, 11) is 0. The van der Waals surface area contributed by atoms with Crippen LogP contribution in [0.3, 0.4) is 0 Å². The van der Waals surface area contributed by atoms with Crippen LogP contribution in [0.25, 0.3) is 0 Å². The van der Waals surface area contributed by atoms with Gasteiger partial charge in [0.1, 0.15) is 5.78 Å². The summed E-state index contributed by atoms with van der Waals surface area (Å²) in [6.45, 7) is 6.15. The lowest BCUT2D eigenvalue weighted by Crippen LogP contribution is -2.36. The number of ketones is 1. The maximum atomic E-state index is 11.4. The number of nitrogens with zero attached hydrogens (tertiary/aromatic N) is 1. The molecule has 1 fully saturated rings. The molecule has 0 saturated heterocycles. The molecule has 0 aromatic carbocycles. The van der Waals surface area contributed by atoms with Gasteiger partial charge in [0.15, 0.2) is 0 Å². The minimum atomic E-state index is -0.205. The number of carbonyl (C=O) groups excluding carboxylic acids is 3. The molecule has 0 spiro atoms. The zero-order valence-corrected chi connectivity index (χ0v) is 12.0. The Kier molecular flexibility index (Phi) is 5.93. The van der Waals surface area contributed by atoms with Crippen LogP contribution in [0.2, 0.25) is 0 Å². The van der Waals surface area contributed by atoms with Crippen molar-refractivity contribution in [1.82, 2.24) is 4.90 Å². The molecule has 1 heterocycles. The van der Waals surface area contributed by atoms with Gasteiger partial charge in [0.05, 0.1) is 0 Å². The van der Waals surface area contributed by atoms with Crippen LogP contribution in [0.15, 0.2) is 12.2 Å². The third kappa shape index (κ3) is 4.01. The Balaban J connectivity index is 0.000000861. The van der Waals surface area contributed by atoms with Crippen LogP contribution < -0.4 is 0 Å². The highest BCUT2D eigenvalue weighted by Crippen LogP contribution is 2.30. The fraction of sp³-hybridized carbons (Fsp3) is 0.667. The molecule has 2 rings (SSSR count). The topological polar surface area (TPSA) is 54.5 Å². The van der Waals surface area contributed by atoms with Crippen molar-refractivity contribution in [2.45, 2.75) is 46.5 Å². The van der Waals surface area contributed by atoms with E-state index in [9.17, 15) is 14.4 Å². The second-order valence-corrected chi connectivity index (χ2v) is 4.95. The highest BCUT2D eigenvalue weighted by molar-refractivity contribution is 6.12. The first-order valence-corrected chi connectivity index (χ1v) is 7.12. The van der Waals surface area contributed by atoms with Crippen molar-refractivity contribution in [3.63, 3.8) is 0 Å². The van der Waals surface area contributed by atoms with Crippen molar-refractivity contribution in [1.29, 1.82) is 0 Å². The van der Waals surface area contributed by atoms with E-state index in [1.807, 2.05) is 13.8 Å². The number of rotatable bonds is 3. The predicted molar refractivity (Wildman–Crippen MR) is 73.3 cm³/mol. The molecule has 0 N–H and O–H groups in total. The lowest BCUT2D eigenvalue weighted by molar-refractivity contribution is -0.138. The zero-order valence-electron chi connectivity index (χ0n) is 12.0. The van der Waals surface area contributed by atoms with Gasteiger partial charge in [-0.15, -0.1) is 0 Å². The molecule has 0 aromatic heterocycles. The molecule has 106 valence electrons. The van der Waals surface area contributed by atoms with E-state index in [0.29, 0.717) is 12.5 Å². The average molecular weight is 265 g/mol. The van der Waals surface area contributed by atoms with Gasteiger partial charge in [0.2, 0.25) is 0 Å². The number of imide groups is 1. The van der Waals surface area contributed by atoms with Crippen molar-refractivity contribution >= 4 is 17.6 Å². The van der Waals surface area contributed by atoms with E-state index in [0.717, 1.165) is 25.7 Å². The highest BCUT2D eigenvalue weighted by Gasteiger charge is 2.29. The van der Waals surface area contributed by atoms with Gasteiger partial charge < -0.3 is 0 Å². The maximum Gasteiger partial charge on any atom is 0.253 e. The van der Waals surface area contributed by atoms with E-state index in [1.165, 1.54) is 17.1 Å². The standard InChI is InChI=1S/C13H17NO3.C2H6/c1-9(15)11-4-2-10(3-5-11)8-14-12(16)6-7-13(14)17;1-2/h6-7,10-11H,2-5,8H2,1H3;1-2H3. The highest BCUT2D eigenvalue weighted by atomic mass is 16.2. The molecule has 4 nitrogen and oxygen atoms in total. The minimum absolute atomic E-state index is 0.189. The molecule has 0 radical (unpaired) electrons. The quantitative estimate of drug-likeness (QED) is 0.736. The third-order valence-corrected chi connectivity index (χ3v) is 3.76. The summed E-state index contributed by atoms with van der Waals surface area (Å²) in [6.07, 6.45) is 6.29. The lowest BCUT2D eigenvalue weighted by Gasteiger charge is -2.29. The van der Waals surface area contributed by atoms with E-state index >= 15 is 0 Å². The monoisotopic (exact) mass is 265 g/mol. The summed E-state index contributed by atoms with van der Waals surface area (Å²) in [5, 5.41) is 0. The smallest absolute Gasteiger partial charge is 0.253 e. The molecule has 4 heteroatoms. The largest absolute Gasteiger partial charge is 0.300 e. The van der Waals surface area contributed by atoms with Crippen LogP contribution in [0.1, 0.15) is 46.5 Å². The number of amides is 2. The molecular formula is C15H23NO3. The molecule has 1 aliphatic heterocycles. The Bertz CT molecular complexity index is 361. The van der Waals surface area contributed by atoms with Crippen molar-refractivity contribution in [2.24, 2.45) is 11.8 Å². The summed E-state index contributed by atoms with van der Waals surface area (Å²) in [4.78, 5) is 35.3. The molecule has 2 amide bonds. The third-order valence-electron chi connectivity index (χ3n) is 3.76. The summed E-state index contributed by atoms with van der Waals surface area (Å²) in [5.74, 6) is 0.401. The summed E-state index contributed by atoms with van der Waals surface area (Å²) >= 11 is 0. The van der Waals surface area contributed by atoms with Crippen molar-refractivity contribution < 1.29 is 14.4 Å². The fourth-order valence-corrected chi connectivity index (χ4v) is 2.62. The second-order valence-electron chi connectivity index (χ2n) is 4.95. The number of hydrogen-bond acceptors (Lipinski definition) is 3. The van der Waals surface area contributed by atoms with Crippen molar-refractivity contribution in [3.05, 3.63) is 12.2 Å². The van der Waals surface area contributed by atoms with E-state index in [2.05, 4.69) is 0 Å². The summed E-state index contributed by atoms with van der Waals surface area (Å²) < 4.78 is 0. The Morgan fingerprint density at radius 1 is 1.11 bits per heavy atom. The first-order chi connectivity index (χ1) is 9.08. The molecule has 2 aliphatic rings. The van der Waals surface area contributed by atoms with Gasteiger partial charge >= 0.3 is 0 Å². The van der Waals surface area contributed by atoms with Crippen LogP contribution >= 0.6 is 0 Å². The lowest BCUT2D eigenvalue weighted by atomic mass is 9.80. The molecule has 1 aliphatic carbocycles. The Morgan fingerprint density at radius 2 is 1.58 bits per heavy atom. The Morgan fingerprint density at radius 3 is 2.00 bits per heavy atom. The van der Waals surface area contributed by atoms with E-state index in [1.54, 1.807) is 6.92 Å². The zero-order chi connectivity index (χ0) is 14.4. The van der Waals surface area contributed by atoms with Gasteiger partial charge in [-0.2, -0.15) is 0 Å². The first-order valence-electron chi connectivity index (χ1n) is 7.12. The normalized spacial score (nSPS) is 26.2. The van der Waals surface area contributed by atoms with Gasteiger partial charge in [-0.25, -0.2) is 0 Å². The van der Waals surface area contributed by atoms with Gasteiger partial charge in [0, 0.05) is 24.6 Å². The molecular weight excluding hydrogens is 242 g/mol. The van der Waals surface area contributed by atoms with E-state index in [4.69, 9.17) is 0 Å². The van der Waals surface area contributed by atoms with Crippen molar-refractivity contribution in [2.75, 3.05) is 6.54 Å². The fourth-order valence-electron chi connectivity index (χ4n) is 2.62. The Labute approximate surface area is 114 Å². The van der Waals surface area contributed by atoms with E-state index < -0.39 is 0 Å². The van der Waals surface area contributed by atoms with E-state index in [-0.39, 0.29) is 23.5 Å². The van der Waals surface area contributed by atoms with Gasteiger partial charge in [-0.1, -0.05) is 13.8 Å². The second kappa shape index (κ2) is 7.22. The predicted octanol–water partition coefficient (Wildman–Crippen LogP) is 2.33. The van der Waals surface area contributed by atoms with Gasteiger partial charge in [0.25, 0.3) is 11.8 Å². The van der Waals surface area contributed by atoms with Crippen LogP contribution in [0, 0.1) is 11.8 Å². The molecule has 0 atom stereocenters. The maximum absolute atomic E-state index is 11.4. The molecule has 1 saturated carbocycles. The Hall–Kier alpha value is -1.45. The number of carbonyl (C=O) groups is 3. The average Bonchev–Trinajstić information content (AvgIpc) is 2.73. The molecule has 19 heavy (non-hydrogen) atoms. The summed E-state index contributed by atoms with van der Waals surface area (Å²) in [6, 6.07) is 0. The SMILES string of the molecule is CC.CC(=O)C1CCC(CN2C(=O)C=CC2=O)CC1. The van der Waals surface area contributed by atoms with Crippen LogP contribution in [0.4, 0.5) is 0 Å². The van der Waals surface area contributed by atoms with Crippen molar-refractivity contribution in [3.8, 4) is 0 Å². The van der Waals surface area contributed by atoms with Crippen LogP contribution in [-0.4, -0.2) is 29.0 Å². The first kappa shape index (κ1) is 15.6. The van der Waals surface area contributed by atoms with Crippen LogP contribution in [-0.2, 0) is 14.4 Å². The summed E-state index contributed by atoms with van der Waals surface area (Å²) in [5.41, 5.74) is 0. The number of hydrogen-bond donors (Lipinski definition) is 0. The van der Waals surface area contributed by atoms with Crippen LogP contribution in [0.5, 0.6) is 0 Å². The van der Waals surface area contributed by atoms with Gasteiger partial charge in [-0.05, 0) is 38.5 Å². The molecule has 0 aromatic rings. The number of Topliss-reactive ketones (excluding diaryl/α,β-unsaturated/α-hetero) is 1. The molecule has 0 bridgehead atoms. The minimum Gasteiger partial charge on any atom is -0.300 e. The molecule has 0 unspecified atom stereocenters.